The second-order valence-corrected chi connectivity index (χ2v) is 28.6. The predicted molar refractivity (Wildman–Crippen MR) is 360 cm³/mol. The van der Waals surface area contributed by atoms with E-state index >= 15 is 9.59 Å². The van der Waals surface area contributed by atoms with Gasteiger partial charge in [0.1, 0.15) is 60.4 Å². The zero-order chi connectivity index (χ0) is 72.8. The van der Waals surface area contributed by atoms with E-state index in [1.54, 1.807) is 65.5 Å². The lowest BCUT2D eigenvalue weighted by atomic mass is 9.91. The van der Waals surface area contributed by atoms with Crippen molar-refractivity contribution in [2.24, 2.45) is 41.4 Å². The average molecular weight is 1350 g/mol. The molecule has 0 saturated carbocycles. The van der Waals surface area contributed by atoms with Crippen molar-refractivity contribution in [2.45, 2.75) is 222 Å². The summed E-state index contributed by atoms with van der Waals surface area (Å²) in [7, 11) is 8.59. The number of nitrogens with zero attached hydrogens (tertiary/aromatic N) is 7. The minimum Gasteiger partial charge on any atom is -0.449 e. The smallest absolute Gasteiger partial charge is 0.409 e. The van der Waals surface area contributed by atoms with E-state index in [-0.39, 0.29) is 68.8 Å². The molecule has 12 amide bonds. The molecular formula is C67H119N13O15. The van der Waals surface area contributed by atoms with Crippen LogP contribution in [0.4, 0.5) is 4.79 Å². The van der Waals surface area contributed by atoms with Gasteiger partial charge in [-0.1, -0.05) is 95.2 Å². The summed E-state index contributed by atoms with van der Waals surface area (Å²) in [4.78, 5) is 183. The van der Waals surface area contributed by atoms with Gasteiger partial charge in [-0.15, -0.1) is 0 Å². The fraction of sp³-hybridized carbons (Fsp3) is 0.791. The molecule has 542 valence electrons. The number of hydrogen-bond acceptors (Lipinski definition) is 16. The number of piperazine rings is 1. The van der Waals surface area contributed by atoms with E-state index in [2.05, 4.69) is 36.8 Å². The molecule has 2 fully saturated rings. The Bertz CT molecular complexity index is 2630. The van der Waals surface area contributed by atoms with Crippen LogP contribution in [0.25, 0.3) is 0 Å². The molecule has 0 aromatic heterocycles. The van der Waals surface area contributed by atoms with Gasteiger partial charge in [0.2, 0.25) is 65.0 Å². The van der Waals surface area contributed by atoms with Gasteiger partial charge in [0.25, 0.3) is 0 Å². The third kappa shape index (κ3) is 25.9. The monoisotopic (exact) mass is 1350 g/mol. The lowest BCUT2D eigenvalue weighted by molar-refractivity contribution is -0.155. The van der Waals surface area contributed by atoms with Gasteiger partial charge < -0.3 is 81.2 Å². The highest BCUT2D eigenvalue weighted by atomic mass is 16.6. The first-order chi connectivity index (χ1) is 44.1. The molecule has 2 aliphatic heterocycles. The Morgan fingerprint density at radius 3 is 1.43 bits per heavy atom. The molecular weight excluding hydrogens is 1230 g/mol. The summed E-state index contributed by atoms with van der Waals surface area (Å²) < 4.78 is 5.70. The number of allylic oxidation sites excluding steroid dienone is 2. The van der Waals surface area contributed by atoms with Crippen molar-refractivity contribution >= 4 is 71.1 Å². The number of rotatable bonds is 18. The number of aliphatic hydroxyl groups is 2. The van der Waals surface area contributed by atoms with Gasteiger partial charge in [0, 0.05) is 61.4 Å². The van der Waals surface area contributed by atoms with Crippen molar-refractivity contribution in [1.29, 1.82) is 0 Å². The number of nitrogens with one attached hydrogen (secondary N) is 6. The van der Waals surface area contributed by atoms with Crippen LogP contribution in [-0.2, 0) is 57.5 Å². The number of aliphatic hydroxyl groups excluding tert-OH is 2. The van der Waals surface area contributed by atoms with Crippen molar-refractivity contribution in [1.82, 2.24) is 66.2 Å². The van der Waals surface area contributed by atoms with Gasteiger partial charge in [-0.3, -0.25) is 52.7 Å². The van der Waals surface area contributed by atoms with Gasteiger partial charge in [-0.2, -0.15) is 0 Å². The molecule has 28 heteroatoms. The number of likely N-dealkylation sites (N-methyl/N-ethyl adjacent to an activating group) is 6. The van der Waals surface area contributed by atoms with Gasteiger partial charge in [-0.05, 0) is 115 Å². The van der Waals surface area contributed by atoms with Crippen molar-refractivity contribution in [3.05, 3.63) is 12.2 Å². The normalized spacial score (nSPS) is 26.9. The van der Waals surface area contributed by atoms with Crippen molar-refractivity contribution in [3.8, 4) is 0 Å². The Kier molecular flexibility index (Phi) is 34.8. The fourth-order valence-corrected chi connectivity index (χ4v) is 11.6. The highest BCUT2D eigenvalue weighted by Crippen LogP contribution is 2.24. The van der Waals surface area contributed by atoms with Gasteiger partial charge in [0.05, 0.1) is 25.4 Å². The van der Waals surface area contributed by atoms with Crippen LogP contribution in [-0.4, -0.2) is 270 Å². The molecule has 8 N–H and O–H groups in total. The molecule has 14 atom stereocenters. The van der Waals surface area contributed by atoms with Crippen LogP contribution in [0.1, 0.15) is 149 Å². The maximum Gasteiger partial charge on any atom is 0.409 e. The number of amides is 12. The van der Waals surface area contributed by atoms with E-state index < -0.39 is 168 Å². The van der Waals surface area contributed by atoms with Gasteiger partial charge in [0.15, 0.2) is 0 Å². The molecule has 0 unspecified atom stereocenters. The molecule has 0 aliphatic carbocycles. The number of carbonyl (C=O) groups excluding carboxylic acids is 12. The summed E-state index contributed by atoms with van der Waals surface area (Å²) in [6, 6.07) is -14.0. The summed E-state index contributed by atoms with van der Waals surface area (Å²) in [5, 5.41) is 39.6. The minimum absolute atomic E-state index is 0.0179. The summed E-state index contributed by atoms with van der Waals surface area (Å²) in [5.41, 5.74) is 0. The molecule has 0 aromatic carbocycles. The topological polar surface area (TPSA) is 349 Å². The molecule has 95 heavy (non-hydrogen) atoms. The fourth-order valence-electron chi connectivity index (χ4n) is 11.6. The Balaban J connectivity index is 2.98. The van der Waals surface area contributed by atoms with Crippen LogP contribution >= 0.6 is 0 Å². The standard InChI is InChI=1S/C67H119N13O15/c1-23-24-25-43(13)56(83)55-62(89)73-53(46(16)81)65(92)75(18)35-52(82)76(19)50(32-39(6)7)61(88)72-48(30-37(2)3)63(90)77(20)51(33-40(8)9)60(87)69-44(14)57(84)68-45(15)58(85)70-47(34-42(12)36-95-67(94)80-28-26-74(17)27-29-80)59(86)71-49(31-38(4)5)64(91)78(21)54(41(10)11)66(93)79(55)22/h23-24,37-51,53-56,81,83H,25-36H2,1-22H3,(H,68,84)(H,69,87)(H,70,85)(H,71,86)(H,72,88)(H,73,89)/b24-23+/t42-,43+,44-,45+,46+,47-,48-,49-,50-,51-,53-,54-,55-,56+/m0/s1. The molecule has 0 spiro atoms. The lowest BCUT2D eigenvalue weighted by Gasteiger charge is -2.40. The Labute approximate surface area is 564 Å². The molecule has 2 heterocycles. The van der Waals surface area contributed by atoms with Crippen molar-refractivity contribution in [3.63, 3.8) is 0 Å². The van der Waals surface area contributed by atoms with E-state index in [1.165, 1.54) is 60.9 Å². The zero-order valence-electron chi connectivity index (χ0n) is 60.9. The van der Waals surface area contributed by atoms with Crippen LogP contribution in [0.15, 0.2) is 12.2 Å². The SMILES string of the molecule is C/C=C/C[C@@H](C)[C@@H](O)[C@H]1C(=O)N[C@@H]([C@@H](C)O)C(=O)N(C)CC(=O)N(C)[C@@H](CC(C)C)C(=O)N[C@@H](CC(C)C)C(=O)N(C)[C@@H](CC(C)C)C(=O)N[C@@H](C)C(=O)N[C@H](C)C(=O)N[C@@H](C[C@H](C)COC(=O)N2CCN(C)CC2)C(=O)N[C@@H](CC(C)C)C(=O)N(C)[C@@H](C(C)C)C(=O)N1C. The second-order valence-electron chi connectivity index (χ2n) is 28.6. The first-order valence-electron chi connectivity index (χ1n) is 33.8. The molecule has 2 aliphatic rings. The highest BCUT2D eigenvalue weighted by Gasteiger charge is 2.45. The van der Waals surface area contributed by atoms with E-state index in [0.29, 0.717) is 26.2 Å². The molecule has 0 aromatic rings. The largest absolute Gasteiger partial charge is 0.449 e. The number of hydrogen-bond donors (Lipinski definition) is 8. The quantitative estimate of drug-likeness (QED) is 0.0897. The Morgan fingerprint density at radius 1 is 0.505 bits per heavy atom. The van der Waals surface area contributed by atoms with Crippen molar-refractivity contribution in [2.75, 3.05) is 81.6 Å². The van der Waals surface area contributed by atoms with Gasteiger partial charge >= 0.3 is 6.09 Å². The molecule has 0 radical (unpaired) electrons. The summed E-state index contributed by atoms with van der Waals surface area (Å²) in [6.45, 7) is 28.3. The number of carbonyl (C=O) groups is 12. The highest BCUT2D eigenvalue weighted by molar-refractivity contribution is 5.99. The lowest BCUT2D eigenvalue weighted by Crippen LogP contribution is -2.64. The van der Waals surface area contributed by atoms with Crippen LogP contribution in [0, 0.1) is 41.4 Å². The second kappa shape index (κ2) is 39.3. The third-order valence-electron chi connectivity index (χ3n) is 17.5. The van der Waals surface area contributed by atoms with E-state index in [0.717, 1.165) is 19.6 Å². The minimum atomic E-state index is -1.77. The average Bonchev–Trinajstić information content (AvgIpc) is 0.814. The number of ether oxygens (including phenoxy) is 1. The van der Waals surface area contributed by atoms with E-state index in [1.807, 2.05) is 48.6 Å². The molecule has 28 nitrogen and oxygen atoms in total. The van der Waals surface area contributed by atoms with Crippen LogP contribution in [0.5, 0.6) is 0 Å². The maximum atomic E-state index is 15.2. The van der Waals surface area contributed by atoms with E-state index in [4.69, 9.17) is 4.74 Å². The molecule has 2 saturated heterocycles. The van der Waals surface area contributed by atoms with Crippen molar-refractivity contribution < 1.29 is 72.5 Å². The zero-order valence-corrected chi connectivity index (χ0v) is 60.9. The van der Waals surface area contributed by atoms with Crippen LogP contribution < -0.4 is 31.9 Å². The Hall–Kier alpha value is -6.94. The maximum absolute atomic E-state index is 15.2. The summed E-state index contributed by atoms with van der Waals surface area (Å²) in [5.74, 6) is -11.7. The van der Waals surface area contributed by atoms with E-state index in [9.17, 15) is 58.2 Å². The predicted octanol–water partition coefficient (Wildman–Crippen LogP) is 1.31. The third-order valence-corrected chi connectivity index (χ3v) is 17.5. The first kappa shape index (κ1) is 84.1. The Morgan fingerprint density at radius 2 is 0.947 bits per heavy atom. The first-order valence-corrected chi connectivity index (χ1v) is 33.8. The molecule has 2 rings (SSSR count). The van der Waals surface area contributed by atoms with Crippen LogP contribution in [0.3, 0.4) is 0 Å². The summed E-state index contributed by atoms with van der Waals surface area (Å²) in [6.07, 6.45) is 0.107. The summed E-state index contributed by atoms with van der Waals surface area (Å²) >= 11 is 0. The molecule has 0 bridgehead atoms. The van der Waals surface area contributed by atoms with Gasteiger partial charge in [-0.25, -0.2) is 4.79 Å². The van der Waals surface area contributed by atoms with Crippen LogP contribution in [0.2, 0.25) is 0 Å².